The molecular formula is C22H19Cl2F2NO2. The van der Waals surface area contributed by atoms with Gasteiger partial charge in [-0.05, 0) is 47.5 Å². The average molecular weight is 438 g/mol. The lowest BCUT2D eigenvalue weighted by molar-refractivity contribution is 0.280. The van der Waals surface area contributed by atoms with Crippen molar-refractivity contribution in [1.82, 2.24) is 5.32 Å². The minimum atomic E-state index is -0.450. The Kier molecular flexibility index (Phi) is 7.31. The highest BCUT2D eigenvalue weighted by Gasteiger charge is 2.15. The molecule has 0 aliphatic heterocycles. The van der Waals surface area contributed by atoms with Crippen molar-refractivity contribution in [3.05, 3.63) is 93.0 Å². The quantitative estimate of drug-likeness (QED) is 0.458. The maximum atomic E-state index is 13.9. The molecule has 0 bridgehead atoms. The van der Waals surface area contributed by atoms with Gasteiger partial charge in [-0.25, -0.2) is 8.78 Å². The molecule has 29 heavy (non-hydrogen) atoms. The minimum absolute atomic E-state index is 0.0796. The molecule has 0 aliphatic rings. The molecular weight excluding hydrogens is 419 g/mol. The van der Waals surface area contributed by atoms with Crippen LogP contribution in [-0.4, -0.2) is 7.11 Å². The third kappa shape index (κ3) is 5.60. The zero-order chi connectivity index (χ0) is 20.8. The first-order valence-corrected chi connectivity index (χ1v) is 9.60. The van der Waals surface area contributed by atoms with Gasteiger partial charge < -0.3 is 14.8 Å². The standard InChI is InChI=1S/C22H19Cl2F2NO2/c1-28-21-10-15(12-27-11-14-5-7-16(25)8-6-14)9-19(24)22(21)29-13-17-18(23)3-2-4-20(17)26/h2-10,27H,11-13H2,1H3. The summed E-state index contributed by atoms with van der Waals surface area (Å²) in [7, 11) is 1.50. The van der Waals surface area contributed by atoms with Crippen molar-refractivity contribution in [2.24, 2.45) is 0 Å². The van der Waals surface area contributed by atoms with Crippen molar-refractivity contribution in [1.29, 1.82) is 0 Å². The summed E-state index contributed by atoms with van der Waals surface area (Å²) in [4.78, 5) is 0. The molecule has 0 aromatic heterocycles. The molecule has 0 saturated heterocycles. The monoisotopic (exact) mass is 437 g/mol. The molecule has 3 nitrogen and oxygen atoms in total. The summed E-state index contributed by atoms with van der Waals surface area (Å²) in [5, 5.41) is 3.89. The number of halogens is 4. The Hall–Kier alpha value is -2.34. The summed E-state index contributed by atoms with van der Waals surface area (Å²) in [6, 6.07) is 14.3. The number of benzene rings is 3. The van der Waals surface area contributed by atoms with E-state index in [-0.39, 0.29) is 23.0 Å². The fourth-order valence-electron chi connectivity index (χ4n) is 2.78. The molecule has 0 amide bonds. The first-order valence-electron chi connectivity index (χ1n) is 8.85. The lowest BCUT2D eigenvalue weighted by Crippen LogP contribution is -2.13. The van der Waals surface area contributed by atoms with Crippen molar-refractivity contribution >= 4 is 23.2 Å². The fourth-order valence-corrected chi connectivity index (χ4v) is 3.29. The second kappa shape index (κ2) is 9.92. The molecule has 0 atom stereocenters. The van der Waals surface area contributed by atoms with E-state index in [2.05, 4.69) is 5.32 Å². The van der Waals surface area contributed by atoms with Crippen LogP contribution >= 0.6 is 23.2 Å². The summed E-state index contributed by atoms with van der Waals surface area (Å²) < 4.78 is 38.0. The van der Waals surface area contributed by atoms with Crippen LogP contribution in [0.3, 0.4) is 0 Å². The Morgan fingerprint density at radius 2 is 1.62 bits per heavy atom. The molecule has 1 N–H and O–H groups in total. The summed E-state index contributed by atoms with van der Waals surface area (Å²) in [6.45, 7) is 1.01. The summed E-state index contributed by atoms with van der Waals surface area (Å²) in [6.07, 6.45) is 0. The predicted molar refractivity (Wildman–Crippen MR) is 111 cm³/mol. The second-order valence-corrected chi connectivity index (χ2v) is 7.14. The van der Waals surface area contributed by atoms with Crippen LogP contribution in [0.4, 0.5) is 8.78 Å². The van der Waals surface area contributed by atoms with E-state index in [0.29, 0.717) is 29.6 Å². The normalized spacial score (nSPS) is 10.8. The molecule has 0 aliphatic carbocycles. The Balaban J connectivity index is 1.67. The summed E-state index contributed by atoms with van der Waals surface area (Å²) >= 11 is 12.4. The van der Waals surface area contributed by atoms with Crippen LogP contribution in [0.15, 0.2) is 54.6 Å². The molecule has 0 spiro atoms. The topological polar surface area (TPSA) is 30.5 Å². The van der Waals surface area contributed by atoms with E-state index < -0.39 is 5.82 Å². The van der Waals surface area contributed by atoms with Gasteiger partial charge in [0.15, 0.2) is 11.5 Å². The van der Waals surface area contributed by atoms with Crippen molar-refractivity contribution in [3.63, 3.8) is 0 Å². The largest absolute Gasteiger partial charge is 0.493 e. The third-order valence-corrected chi connectivity index (χ3v) is 4.92. The van der Waals surface area contributed by atoms with Gasteiger partial charge in [0.1, 0.15) is 18.2 Å². The van der Waals surface area contributed by atoms with Crippen molar-refractivity contribution < 1.29 is 18.3 Å². The summed E-state index contributed by atoms with van der Waals surface area (Å²) in [5.74, 6) is 0.0334. The molecule has 0 heterocycles. The SMILES string of the molecule is COc1cc(CNCc2ccc(F)cc2)cc(Cl)c1OCc1c(F)cccc1Cl. The zero-order valence-electron chi connectivity index (χ0n) is 15.6. The number of ether oxygens (including phenoxy) is 2. The first kappa shape index (κ1) is 21.4. The molecule has 7 heteroatoms. The van der Waals surface area contributed by atoms with Crippen LogP contribution in [0.1, 0.15) is 16.7 Å². The zero-order valence-corrected chi connectivity index (χ0v) is 17.2. The molecule has 0 saturated carbocycles. The maximum Gasteiger partial charge on any atom is 0.180 e. The van der Waals surface area contributed by atoms with Crippen LogP contribution in [0.5, 0.6) is 11.5 Å². The van der Waals surface area contributed by atoms with Crippen LogP contribution in [0.2, 0.25) is 10.0 Å². The van der Waals surface area contributed by atoms with Crippen LogP contribution < -0.4 is 14.8 Å². The smallest absolute Gasteiger partial charge is 0.180 e. The van der Waals surface area contributed by atoms with Crippen molar-refractivity contribution in [2.45, 2.75) is 19.7 Å². The lowest BCUT2D eigenvalue weighted by atomic mass is 10.1. The van der Waals surface area contributed by atoms with Gasteiger partial charge in [0.2, 0.25) is 0 Å². The van der Waals surface area contributed by atoms with Gasteiger partial charge >= 0.3 is 0 Å². The Morgan fingerprint density at radius 3 is 2.31 bits per heavy atom. The Labute approximate surface area is 178 Å². The molecule has 0 radical (unpaired) electrons. The first-order chi connectivity index (χ1) is 14.0. The van der Waals surface area contributed by atoms with E-state index in [1.807, 2.05) is 0 Å². The third-order valence-electron chi connectivity index (χ3n) is 4.28. The molecule has 3 rings (SSSR count). The minimum Gasteiger partial charge on any atom is -0.493 e. The van der Waals surface area contributed by atoms with Gasteiger partial charge in [0.05, 0.1) is 17.2 Å². The van der Waals surface area contributed by atoms with Crippen LogP contribution in [-0.2, 0) is 19.7 Å². The van der Waals surface area contributed by atoms with Crippen LogP contribution in [0, 0.1) is 11.6 Å². The fraction of sp³-hybridized carbons (Fsp3) is 0.182. The lowest BCUT2D eigenvalue weighted by Gasteiger charge is -2.15. The molecule has 0 fully saturated rings. The number of methoxy groups -OCH3 is 1. The van der Waals surface area contributed by atoms with Gasteiger partial charge in [0.25, 0.3) is 0 Å². The second-order valence-electron chi connectivity index (χ2n) is 6.33. The van der Waals surface area contributed by atoms with E-state index in [0.717, 1.165) is 11.1 Å². The molecule has 3 aromatic carbocycles. The number of rotatable bonds is 8. The van der Waals surface area contributed by atoms with Gasteiger partial charge in [-0.3, -0.25) is 0 Å². The molecule has 0 unspecified atom stereocenters. The Bertz CT molecular complexity index is 961. The number of nitrogens with one attached hydrogen (secondary N) is 1. The van der Waals surface area contributed by atoms with Gasteiger partial charge in [-0.15, -0.1) is 0 Å². The molecule has 152 valence electrons. The number of hydrogen-bond donors (Lipinski definition) is 1. The maximum absolute atomic E-state index is 13.9. The Morgan fingerprint density at radius 1 is 0.897 bits per heavy atom. The predicted octanol–water partition coefficient (Wildman–Crippen LogP) is 6.15. The van der Waals surface area contributed by atoms with E-state index >= 15 is 0 Å². The van der Waals surface area contributed by atoms with E-state index in [1.54, 1.807) is 30.3 Å². The van der Waals surface area contributed by atoms with Crippen molar-refractivity contribution in [2.75, 3.05) is 7.11 Å². The van der Waals surface area contributed by atoms with Gasteiger partial charge in [-0.1, -0.05) is 41.4 Å². The van der Waals surface area contributed by atoms with E-state index in [9.17, 15) is 8.78 Å². The van der Waals surface area contributed by atoms with Crippen LogP contribution in [0.25, 0.3) is 0 Å². The molecule has 3 aromatic rings. The van der Waals surface area contributed by atoms with Gasteiger partial charge in [-0.2, -0.15) is 0 Å². The van der Waals surface area contributed by atoms with Crippen molar-refractivity contribution in [3.8, 4) is 11.5 Å². The highest BCUT2D eigenvalue weighted by atomic mass is 35.5. The highest BCUT2D eigenvalue weighted by Crippen LogP contribution is 2.37. The average Bonchev–Trinajstić information content (AvgIpc) is 2.70. The summed E-state index contributed by atoms with van der Waals surface area (Å²) in [5.41, 5.74) is 2.09. The number of hydrogen-bond acceptors (Lipinski definition) is 3. The van der Waals surface area contributed by atoms with E-state index in [1.165, 1.54) is 31.4 Å². The van der Waals surface area contributed by atoms with Gasteiger partial charge in [0, 0.05) is 18.7 Å². The van der Waals surface area contributed by atoms with E-state index in [4.69, 9.17) is 32.7 Å². The highest BCUT2D eigenvalue weighted by molar-refractivity contribution is 6.32.